The Balaban J connectivity index is 2.40. The van der Waals surface area contributed by atoms with Crippen molar-refractivity contribution in [3.8, 4) is 0 Å². The molecule has 7 heavy (non-hydrogen) atoms. The molecule has 0 spiro atoms. The average molecular weight is 115 g/mol. The lowest BCUT2D eigenvalue weighted by Gasteiger charge is -2.08. The van der Waals surface area contributed by atoms with Gasteiger partial charge in [0, 0.05) is 6.54 Å². The monoisotopic (exact) mass is 115 g/mol. The Labute approximate surface area is 46.4 Å². The van der Waals surface area contributed by atoms with E-state index < -0.39 is 0 Å². The quantitative estimate of drug-likeness (QED) is 0.459. The van der Waals surface area contributed by atoms with Crippen LogP contribution in [-0.4, -0.2) is 13.1 Å². The molecule has 40 valence electrons. The van der Waals surface area contributed by atoms with E-state index >= 15 is 0 Å². The largest absolute Gasteiger partial charge is 0.312 e. The molecule has 1 rings (SSSR count). The summed E-state index contributed by atoms with van der Waals surface area (Å²) in [7, 11) is 2.70. The van der Waals surface area contributed by atoms with Gasteiger partial charge in [-0.25, -0.2) is 0 Å². The van der Waals surface area contributed by atoms with Crippen molar-refractivity contribution in [3.63, 3.8) is 0 Å². The first-order chi connectivity index (χ1) is 3.39. The van der Waals surface area contributed by atoms with Crippen LogP contribution in [0, 0.1) is 0 Å². The summed E-state index contributed by atoms with van der Waals surface area (Å²) in [6.07, 6.45) is 3.44. The Kier molecular flexibility index (Phi) is 1.84. The van der Waals surface area contributed by atoms with Crippen LogP contribution in [-0.2, 0) is 0 Å². The highest BCUT2D eigenvalue weighted by Crippen LogP contribution is 2.06. The molecule has 0 aromatic carbocycles. The average Bonchev–Trinajstić information content (AvgIpc) is 1.69. The molecule has 1 atom stereocenters. The fourth-order valence-electron chi connectivity index (χ4n) is 0.665. The zero-order valence-electron chi connectivity index (χ0n) is 4.28. The molecule has 1 aliphatic heterocycles. The molecule has 0 fully saturated rings. The molecule has 0 aliphatic carbocycles. The topological polar surface area (TPSA) is 12.0 Å². The maximum absolute atomic E-state index is 3.25. The van der Waals surface area contributed by atoms with Gasteiger partial charge in [0.1, 0.15) is 0 Å². The minimum Gasteiger partial charge on any atom is -0.312 e. The van der Waals surface area contributed by atoms with E-state index in [-0.39, 0.29) is 0 Å². The SMILES string of the molecule is PC1=CCCNC1. The molecule has 0 saturated heterocycles. The van der Waals surface area contributed by atoms with Crippen molar-refractivity contribution in [1.29, 1.82) is 0 Å². The molecule has 1 unspecified atom stereocenters. The Bertz CT molecular complexity index is 88.1. The Hall–Kier alpha value is 0.130. The third kappa shape index (κ3) is 1.58. The van der Waals surface area contributed by atoms with Crippen LogP contribution in [0.1, 0.15) is 6.42 Å². The first kappa shape index (κ1) is 5.27. The maximum Gasteiger partial charge on any atom is 0.0201 e. The van der Waals surface area contributed by atoms with Gasteiger partial charge in [-0.3, -0.25) is 0 Å². The zero-order valence-corrected chi connectivity index (χ0v) is 5.43. The minimum atomic E-state index is 1.06. The third-order valence-electron chi connectivity index (χ3n) is 1.06. The fourth-order valence-corrected chi connectivity index (χ4v) is 0.976. The summed E-state index contributed by atoms with van der Waals surface area (Å²) in [6.45, 7) is 2.21. The summed E-state index contributed by atoms with van der Waals surface area (Å²) in [4.78, 5) is 0. The Morgan fingerprint density at radius 2 is 2.57 bits per heavy atom. The van der Waals surface area contributed by atoms with E-state index in [1.165, 1.54) is 11.7 Å². The highest BCUT2D eigenvalue weighted by molar-refractivity contribution is 7.22. The molecule has 0 aromatic rings. The maximum atomic E-state index is 3.25. The van der Waals surface area contributed by atoms with Crippen LogP contribution >= 0.6 is 9.24 Å². The van der Waals surface area contributed by atoms with Crippen LogP contribution in [0.25, 0.3) is 0 Å². The molecule has 0 amide bonds. The molecule has 0 bridgehead atoms. The molecule has 1 N–H and O–H groups in total. The van der Waals surface area contributed by atoms with Crippen LogP contribution in [0.15, 0.2) is 11.4 Å². The van der Waals surface area contributed by atoms with E-state index in [0.29, 0.717) is 0 Å². The lowest BCUT2D eigenvalue weighted by molar-refractivity contribution is 0.722. The Morgan fingerprint density at radius 1 is 1.71 bits per heavy atom. The van der Waals surface area contributed by atoms with Gasteiger partial charge < -0.3 is 5.32 Å². The van der Waals surface area contributed by atoms with E-state index in [1.807, 2.05) is 0 Å². The molecule has 0 radical (unpaired) electrons. The van der Waals surface area contributed by atoms with E-state index in [4.69, 9.17) is 0 Å². The molecular formula is C5H10NP. The van der Waals surface area contributed by atoms with Crippen LogP contribution in [0.5, 0.6) is 0 Å². The van der Waals surface area contributed by atoms with Gasteiger partial charge in [-0.05, 0) is 18.3 Å². The van der Waals surface area contributed by atoms with E-state index in [2.05, 4.69) is 20.6 Å². The first-order valence-corrected chi connectivity index (χ1v) is 3.12. The van der Waals surface area contributed by atoms with E-state index in [0.717, 1.165) is 13.1 Å². The van der Waals surface area contributed by atoms with Crippen LogP contribution in [0.2, 0.25) is 0 Å². The summed E-state index contributed by atoms with van der Waals surface area (Å²) in [5.74, 6) is 0. The van der Waals surface area contributed by atoms with Gasteiger partial charge in [0.05, 0.1) is 0 Å². The molecule has 0 saturated carbocycles. The van der Waals surface area contributed by atoms with E-state index in [9.17, 15) is 0 Å². The minimum absolute atomic E-state index is 1.06. The smallest absolute Gasteiger partial charge is 0.0201 e. The summed E-state index contributed by atoms with van der Waals surface area (Å²) in [6, 6.07) is 0. The lowest BCUT2D eigenvalue weighted by Crippen LogP contribution is -2.19. The second-order valence-corrected chi connectivity index (χ2v) is 2.49. The predicted octanol–water partition coefficient (Wildman–Crippen LogP) is 0.739. The second kappa shape index (κ2) is 2.44. The van der Waals surface area contributed by atoms with Crippen LogP contribution in [0.3, 0.4) is 0 Å². The fraction of sp³-hybridized carbons (Fsp3) is 0.600. The number of nitrogens with one attached hydrogen (secondary N) is 1. The van der Waals surface area contributed by atoms with Crippen molar-refractivity contribution in [2.75, 3.05) is 13.1 Å². The number of rotatable bonds is 0. The highest BCUT2D eigenvalue weighted by atomic mass is 31.0. The molecule has 1 heterocycles. The molecule has 1 aliphatic rings. The third-order valence-corrected chi connectivity index (χ3v) is 1.50. The molecule has 2 heteroatoms. The normalized spacial score (nSPS) is 21.6. The number of hydrogen-bond donors (Lipinski definition) is 1. The van der Waals surface area contributed by atoms with Gasteiger partial charge in [0.15, 0.2) is 0 Å². The van der Waals surface area contributed by atoms with Gasteiger partial charge in [-0.1, -0.05) is 6.08 Å². The summed E-state index contributed by atoms with van der Waals surface area (Å²) >= 11 is 0. The van der Waals surface area contributed by atoms with Crippen molar-refractivity contribution >= 4 is 9.24 Å². The lowest BCUT2D eigenvalue weighted by atomic mass is 10.3. The van der Waals surface area contributed by atoms with Gasteiger partial charge in [-0.15, -0.1) is 9.24 Å². The highest BCUT2D eigenvalue weighted by Gasteiger charge is 1.93. The van der Waals surface area contributed by atoms with Gasteiger partial charge in [-0.2, -0.15) is 0 Å². The predicted molar refractivity (Wildman–Crippen MR) is 35.3 cm³/mol. The van der Waals surface area contributed by atoms with E-state index in [1.54, 1.807) is 0 Å². The summed E-state index contributed by atoms with van der Waals surface area (Å²) < 4.78 is 0. The van der Waals surface area contributed by atoms with Crippen LogP contribution < -0.4 is 5.32 Å². The Morgan fingerprint density at radius 3 is 2.86 bits per heavy atom. The van der Waals surface area contributed by atoms with Crippen LogP contribution in [0.4, 0.5) is 0 Å². The second-order valence-electron chi connectivity index (χ2n) is 1.74. The van der Waals surface area contributed by atoms with Gasteiger partial charge >= 0.3 is 0 Å². The van der Waals surface area contributed by atoms with Crippen molar-refractivity contribution in [3.05, 3.63) is 11.4 Å². The van der Waals surface area contributed by atoms with Gasteiger partial charge in [0.25, 0.3) is 0 Å². The standard InChI is InChI=1S/C5H10NP/c7-5-2-1-3-6-4-5/h2,6H,1,3-4,7H2. The van der Waals surface area contributed by atoms with Crippen molar-refractivity contribution in [2.24, 2.45) is 0 Å². The summed E-state index contributed by atoms with van der Waals surface area (Å²) in [5.41, 5.74) is 0. The molecule has 0 aromatic heterocycles. The van der Waals surface area contributed by atoms with Gasteiger partial charge in [0.2, 0.25) is 0 Å². The summed E-state index contributed by atoms with van der Waals surface area (Å²) in [5, 5.41) is 4.64. The van der Waals surface area contributed by atoms with Crippen molar-refractivity contribution in [2.45, 2.75) is 6.42 Å². The van der Waals surface area contributed by atoms with Crippen molar-refractivity contribution in [1.82, 2.24) is 5.32 Å². The van der Waals surface area contributed by atoms with Crippen molar-refractivity contribution < 1.29 is 0 Å². The zero-order chi connectivity index (χ0) is 5.11. The molecule has 1 nitrogen and oxygen atoms in total. The molecular weight excluding hydrogens is 105 g/mol. The first-order valence-electron chi connectivity index (χ1n) is 2.55. The number of hydrogen-bond acceptors (Lipinski definition) is 1.